The van der Waals surface area contributed by atoms with Crippen molar-refractivity contribution in [3.8, 4) is 11.8 Å². The average Bonchev–Trinajstić information content (AvgIpc) is 2.36. The summed E-state index contributed by atoms with van der Waals surface area (Å²) in [4.78, 5) is 2.35. The predicted octanol–water partition coefficient (Wildman–Crippen LogP) is 2.65. The van der Waals surface area contributed by atoms with Gasteiger partial charge < -0.3 is 5.11 Å². The largest absolute Gasteiger partial charge is 0.384 e. The summed E-state index contributed by atoms with van der Waals surface area (Å²) in [7, 11) is 2.15. The van der Waals surface area contributed by atoms with Crippen LogP contribution in [0.15, 0.2) is 24.3 Å². The summed E-state index contributed by atoms with van der Waals surface area (Å²) in [5, 5.41) is 8.70. The molecule has 0 unspecified atom stereocenters. The Morgan fingerprint density at radius 2 is 2.06 bits per heavy atom. The molecule has 0 aliphatic rings. The molecule has 0 radical (unpaired) electrons. The van der Waals surface area contributed by atoms with Gasteiger partial charge in [0.25, 0.3) is 0 Å². The van der Waals surface area contributed by atoms with Gasteiger partial charge in [-0.3, -0.25) is 4.90 Å². The highest BCUT2D eigenvalue weighted by Crippen LogP contribution is 2.19. The Bertz CT molecular complexity index is 440. The van der Waals surface area contributed by atoms with Crippen molar-refractivity contribution in [1.29, 1.82) is 0 Å². The van der Waals surface area contributed by atoms with Crippen molar-refractivity contribution in [2.75, 3.05) is 13.7 Å². The van der Waals surface area contributed by atoms with Crippen LogP contribution in [0, 0.1) is 11.8 Å². The van der Waals surface area contributed by atoms with Gasteiger partial charge in [0.1, 0.15) is 6.61 Å². The first-order valence-electron chi connectivity index (χ1n) is 6.39. The number of rotatable bonds is 4. The molecule has 0 amide bonds. The van der Waals surface area contributed by atoms with Crippen molar-refractivity contribution in [1.82, 2.24) is 4.90 Å². The number of nitrogens with zero attached hydrogens (tertiary/aromatic N) is 1. The lowest BCUT2D eigenvalue weighted by molar-refractivity contribution is 0.143. The van der Waals surface area contributed by atoms with Crippen LogP contribution in [-0.2, 0) is 6.54 Å². The standard InChI is InChI=1S/C16H23NO/c1-5-16(2,3)17(4)13-15-9-6-8-14(12-15)10-7-11-18/h6,8-9,12,18H,5,11,13H2,1-4H3. The second-order valence-electron chi connectivity index (χ2n) is 5.18. The molecule has 1 aromatic carbocycles. The molecule has 0 spiro atoms. The number of hydrogen-bond donors (Lipinski definition) is 1. The number of benzene rings is 1. The molecule has 0 bridgehead atoms. The molecular weight excluding hydrogens is 222 g/mol. The quantitative estimate of drug-likeness (QED) is 0.824. The first-order chi connectivity index (χ1) is 8.49. The summed E-state index contributed by atoms with van der Waals surface area (Å²) in [6, 6.07) is 8.19. The lowest BCUT2D eigenvalue weighted by atomic mass is 9.99. The molecule has 98 valence electrons. The Hall–Kier alpha value is -1.30. The number of hydrogen-bond acceptors (Lipinski definition) is 2. The number of aliphatic hydroxyl groups excluding tert-OH is 1. The van der Waals surface area contributed by atoms with E-state index in [0.717, 1.165) is 18.5 Å². The summed E-state index contributed by atoms with van der Waals surface area (Å²) in [5.41, 5.74) is 2.42. The van der Waals surface area contributed by atoms with Gasteiger partial charge >= 0.3 is 0 Å². The van der Waals surface area contributed by atoms with Gasteiger partial charge in [-0.05, 0) is 45.0 Å². The summed E-state index contributed by atoms with van der Waals surface area (Å²) < 4.78 is 0. The molecule has 2 heteroatoms. The fourth-order valence-corrected chi connectivity index (χ4v) is 1.65. The minimum absolute atomic E-state index is 0.0903. The second kappa shape index (κ2) is 6.58. The number of aliphatic hydroxyl groups is 1. The van der Waals surface area contributed by atoms with Gasteiger partial charge in [-0.1, -0.05) is 30.9 Å². The summed E-state index contributed by atoms with van der Waals surface area (Å²) in [6.07, 6.45) is 1.12. The van der Waals surface area contributed by atoms with Crippen LogP contribution in [0.3, 0.4) is 0 Å². The zero-order valence-corrected chi connectivity index (χ0v) is 11.8. The van der Waals surface area contributed by atoms with E-state index < -0.39 is 0 Å². The van der Waals surface area contributed by atoms with Gasteiger partial charge in [-0.25, -0.2) is 0 Å². The van der Waals surface area contributed by atoms with Crippen LogP contribution in [-0.4, -0.2) is 29.2 Å². The Kier molecular flexibility index (Phi) is 5.40. The molecule has 0 fully saturated rings. The lowest BCUT2D eigenvalue weighted by Gasteiger charge is -2.34. The third-order valence-corrected chi connectivity index (χ3v) is 3.56. The first kappa shape index (κ1) is 14.8. The Labute approximate surface area is 111 Å². The predicted molar refractivity (Wildman–Crippen MR) is 76.2 cm³/mol. The molecule has 18 heavy (non-hydrogen) atoms. The molecule has 1 rings (SSSR count). The van der Waals surface area contributed by atoms with Crippen LogP contribution in [0.25, 0.3) is 0 Å². The van der Waals surface area contributed by atoms with Crippen molar-refractivity contribution in [3.05, 3.63) is 35.4 Å². The molecular formula is C16H23NO. The maximum atomic E-state index is 8.70. The second-order valence-corrected chi connectivity index (χ2v) is 5.18. The van der Waals surface area contributed by atoms with Crippen molar-refractivity contribution >= 4 is 0 Å². The van der Waals surface area contributed by atoms with Crippen LogP contribution in [0.5, 0.6) is 0 Å². The molecule has 0 saturated heterocycles. The molecule has 0 aliphatic heterocycles. The fourth-order valence-electron chi connectivity index (χ4n) is 1.65. The van der Waals surface area contributed by atoms with Crippen LogP contribution >= 0.6 is 0 Å². The monoisotopic (exact) mass is 245 g/mol. The maximum absolute atomic E-state index is 8.70. The van der Waals surface area contributed by atoms with E-state index in [1.165, 1.54) is 5.56 Å². The van der Waals surface area contributed by atoms with Gasteiger partial charge in [0.2, 0.25) is 0 Å². The van der Waals surface area contributed by atoms with Crippen LogP contribution < -0.4 is 0 Å². The van der Waals surface area contributed by atoms with Crippen LogP contribution in [0.4, 0.5) is 0 Å². The third kappa shape index (κ3) is 4.18. The van der Waals surface area contributed by atoms with E-state index in [1.807, 2.05) is 12.1 Å². The average molecular weight is 245 g/mol. The topological polar surface area (TPSA) is 23.5 Å². The van der Waals surface area contributed by atoms with E-state index in [2.05, 4.69) is 56.7 Å². The summed E-state index contributed by atoms with van der Waals surface area (Å²) >= 11 is 0. The molecule has 0 saturated carbocycles. The molecule has 0 heterocycles. The first-order valence-corrected chi connectivity index (χ1v) is 6.39. The van der Waals surface area contributed by atoms with Gasteiger partial charge in [-0.15, -0.1) is 0 Å². The van der Waals surface area contributed by atoms with E-state index >= 15 is 0 Å². The normalized spacial score (nSPS) is 11.2. The molecule has 2 nitrogen and oxygen atoms in total. The lowest BCUT2D eigenvalue weighted by Crippen LogP contribution is -2.39. The SMILES string of the molecule is CCC(C)(C)N(C)Cc1cccc(C#CCO)c1. The zero-order chi connectivity index (χ0) is 13.6. The van der Waals surface area contributed by atoms with Gasteiger partial charge in [0.15, 0.2) is 0 Å². The third-order valence-electron chi connectivity index (χ3n) is 3.56. The molecule has 1 N–H and O–H groups in total. The van der Waals surface area contributed by atoms with Gasteiger partial charge in [0.05, 0.1) is 0 Å². The van der Waals surface area contributed by atoms with E-state index in [0.29, 0.717) is 0 Å². The van der Waals surface area contributed by atoms with Crippen LogP contribution in [0.1, 0.15) is 38.3 Å². The van der Waals surface area contributed by atoms with E-state index in [9.17, 15) is 0 Å². The van der Waals surface area contributed by atoms with Crippen molar-refractivity contribution in [3.63, 3.8) is 0 Å². The smallest absolute Gasteiger partial charge is 0.104 e. The van der Waals surface area contributed by atoms with E-state index in [4.69, 9.17) is 5.11 Å². The summed E-state index contributed by atoms with van der Waals surface area (Å²) in [5.74, 6) is 5.62. The van der Waals surface area contributed by atoms with E-state index in [1.54, 1.807) is 0 Å². The van der Waals surface area contributed by atoms with Crippen LogP contribution in [0.2, 0.25) is 0 Å². The highest BCUT2D eigenvalue weighted by Gasteiger charge is 2.20. The van der Waals surface area contributed by atoms with Gasteiger partial charge in [-0.2, -0.15) is 0 Å². The molecule has 0 aliphatic carbocycles. The van der Waals surface area contributed by atoms with E-state index in [-0.39, 0.29) is 12.1 Å². The zero-order valence-electron chi connectivity index (χ0n) is 11.8. The van der Waals surface area contributed by atoms with Crippen molar-refractivity contribution in [2.24, 2.45) is 0 Å². The minimum Gasteiger partial charge on any atom is -0.384 e. The summed E-state index contributed by atoms with van der Waals surface area (Å²) in [6.45, 7) is 7.53. The Morgan fingerprint density at radius 3 is 2.67 bits per heavy atom. The fraction of sp³-hybridized carbons (Fsp3) is 0.500. The molecule has 0 atom stereocenters. The Morgan fingerprint density at radius 1 is 1.33 bits per heavy atom. The van der Waals surface area contributed by atoms with Crippen molar-refractivity contribution < 1.29 is 5.11 Å². The Balaban J connectivity index is 2.79. The minimum atomic E-state index is -0.0903. The highest BCUT2D eigenvalue weighted by molar-refractivity contribution is 5.37. The molecule has 0 aromatic heterocycles. The van der Waals surface area contributed by atoms with Crippen molar-refractivity contribution in [2.45, 2.75) is 39.3 Å². The van der Waals surface area contributed by atoms with Gasteiger partial charge in [0, 0.05) is 17.6 Å². The molecule has 1 aromatic rings. The highest BCUT2D eigenvalue weighted by atomic mass is 16.2. The maximum Gasteiger partial charge on any atom is 0.104 e.